The van der Waals surface area contributed by atoms with Gasteiger partial charge in [-0.3, -0.25) is 0 Å². The molecule has 0 atom stereocenters. The van der Waals surface area contributed by atoms with E-state index in [0.29, 0.717) is 17.8 Å². The first-order chi connectivity index (χ1) is 11.6. The van der Waals surface area contributed by atoms with Crippen molar-refractivity contribution in [2.75, 3.05) is 7.11 Å². The van der Waals surface area contributed by atoms with E-state index in [0.717, 1.165) is 5.56 Å². The van der Waals surface area contributed by atoms with Crippen LogP contribution in [0.5, 0.6) is 0 Å². The van der Waals surface area contributed by atoms with Gasteiger partial charge in [-0.1, -0.05) is 11.6 Å². The van der Waals surface area contributed by atoms with Crippen molar-refractivity contribution in [3.8, 4) is 11.3 Å². The summed E-state index contributed by atoms with van der Waals surface area (Å²) in [6.45, 7) is 0.498. The van der Waals surface area contributed by atoms with Gasteiger partial charge < -0.3 is 9.30 Å². The first kappa shape index (κ1) is 16.1. The Morgan fingerprint density at radius 2 is 2.17 bits per heavy atom. The zero-order chi connectivity index (χ0) is 17.1. The number of hydrogen-bond acceptors (Lipinski definition) is 4. The minimum atomic E-state index is -0.554. The van der Waals surface area contributed by atoms with Gasteiger partial charge >= 0.3 is 5.97 Å². The van der Waals surface area contributed by atoms with Gasteiger partial charge in [-0.05, 0) is 35.9 Å². The number of benzene rings is 1. The predicted molar refractivity (Wildman–Crippen MR) is 87.3 cm³/mol. The molecule has 0 spiro atoms. The lowest BCUT2D eigenvalue weighted by atomic mass is 10.1. The van der Waals surface area contributed by atoms with Crippen molar-refractivity contribution in [2.45, 2.75) is 6.54 Å². The Morgan fingerprint density at radius 3 is 2.83 bits per heavy atom. The maximum atomic E-state index is 13.3. The van der Waals surface area contributed by atoms with Crippen molar-refractivity contribution in [1.82, 2.24) is 14.5 Å². The monoisotopic (exact) mass is 345 g/mol. The van der Waals surface area contributed by atoms with Crippen LogP contribution < -0.4 is 0 Å². The van der Waals surface area contributed by atoms with Crippen molar-refractivity contribution in [2.24, 2.45) is 0 Å². The molecule has 0 fully saturated rings. The molecule has 0 saturated carbocycles. The van der Waals surface area contributed by atoms with E-state index in [1.807, 2.05) is 10.8 Å². The Balaban J connectivity index is 2.08. The van der Waals surface area contributed by atoms with Crippen LogP contribution in [0.4, 0.5) is 4.39 Å². The van der Waals surface area contributed by atoms with Crippen LogP contribution in [0, 0.1) is 5.82 Å². The molecule has 7 heteroatoms. The summed E-state index contributed by atoms with van der Waals surface area (Å²) in [7, 11) is 1.29. The number of nitrogens with zero attached hydrogens (tertiary/aromatic N) is 3. The molecule has 2 aromatic heterocycles. The first-order valence-corrected chi connectivity index (χ1v) is 7.45. The molecule has 3 rings (SSSR count). The Labute approximate surface area is 142 Å². The molecule has 3 aromatic rings. The molecule has 0 aliphatic carbocycles. The zero-order valence-corrected chi connectivity index (χ0v) is 13.5. The molecule has 0 aliphatic heterocycles. The standard InChI is InChI=1S/C17H13ClFN3O2/c1-24-17(23)16-7-11(9-22-5-4-20-10-22)6-15(21-16)13-3-2-12(19)8-14(13)18/h2-8,10H,9H2,1H3. The summed E-state index contributed by atoms with van der Waals surface area (Å²) in [5.74, 6) is -0.992. The molecule has 0 amide bonds. The molecule has 0 radical (unpaired) electrons. The second-order valence-corrected chi connectivity index (χ2v) is 5.50. The Kier molecular flexibility index (Phi) is 4.57. The minimum Gasteiger partial charge on any atom is -0.464 e. The Morgan fingerprint density at radius 1 is 1.33 bits per heavy atom. The second-order valence-electron chi connectivity index (χ2n) is 5.10. The highest BCUT2D eigenvalue weighted by molar-refractivity contribution is 6.33. The van der Waals surface area contributed by atoms with E-state index in [4.69, 9.17) is 16.3 Å². The predicted octanol–water partition coefficient (Wildman–Crippen LogP) is 3.57. The van der Waals surface area contributed by atoms with E-state index >= 15 is 0 Å². The molecule has 122 valence electrons. The topological polar surface area (TPSA) is 57.0 Å². The highest BCUT2D eigenvalue weighted by atomic mass is 35.5. The number of ether oxygens (including phenoxy) is 1. The van der Waals surface area contributed by atoms with E-state index in [-0.39, 0.29) is 10.7 Å². The highest BCUT2D eigenvalue weighted by Crippen LogP contribution is 2.28. The summed E-state index contributed by atoms with van der Waals surface area (Å²) in [4.78, 5) is 20.2. The van der Waals surface area contributed by atoms with E-state index < -0.39 is 11.8 Å². The van der Waals surface area contributed by atoms with Crippen LogP contribution in [0.2, 0.25) is 5.02 Å². The molecule has 0 saturated heterocycles. The molecular formula is C17H13ClFN3O2. The van der Waals surface area contributed by atoms with E-state index in [2.05, 4.69) is 9.97 Å². The number of carbonyl (C=O) groups excluding carboxylic acids is 1. The fraction of sp³-hybridized carbons (Fsp3) is 0.118. The quantitative estimate of drug-likeness (QED) is 0.678. The lowest BCUT2D eigenvalue weighted by Crippen LogP contribution is -2.08. The van der Waals surface area contributed by atoms with Crippen molar-refractivity contribution in [3.05, 3.63) is 71.2 Å². The third-order valence-corrected chi connectivity index (χ3v) is 3.72. The number of halogens is 2. The summed E-state index contributed by atoms with van der Waals surface area (Å²) >= 11 is 6.11. The molecular weight excluding hydrogens is 333 g/mol. The number of methoxy groups -OCH3 is 1. The molecule has 5 nitrogen and oxygen atoms in total. The van der Waals surface area contributed by atoms with Gasteiger partial charge in [-0.15, -0.1) is 0 Å². The van der Waals surface area contributed by atoms with Gasteiger partial charge in [0.2, 0.25) is 0 Å². The third kappa shape index (κ3) is 3.44. The van der Waals surface area contributed by atoms with Gasteiger partial charge in [0.15, 0.2) is 0 Å². The lowest BCUT2D eigenvalue weighted by molar-refractivity contribution is 0.0594. The van der Waals surface area contributed by atoms with Crippen LogP contribution in [0.15, 0.2) is 49.1 Å². The number of aromatic nitrogens is 3. The summed E-state index contributed by atoms with van der Waals surface area (Å²) in [6, 6.07) is 7.47. The van der Waals surface area contributed by atoms with Gasteiger partial charge in [0.1, 0.15) is 11.5 Å². The molecule has 0 aliphatic rings. The van der Waals surface area contributed by atoms with Crippen molar-refractivity contribution >= 4 is 17.6 Å². The third-order valence-electron chi connectivity index (χ3n) is 3.41. The fourth-order valence-electron chi connectivity index (χ4n) is 2.31. The molecule has 1 aromatic carbocycles. The van der Waals surface area contributed by atoms with Gasteiger partial charge in [-0.2, -0.15) is 0 Å². The average molecular weight is 346 g/mol. The Hall–Kier alpha value is -2.73. The maximum absolute atomic E-state index is 13.3. The van der Waals surface area contributed by atoms with Crippen LogP contribution in [-0.4, -0.2) is 27.6 Å². The number of rotatable bonds is 4. The summed E-state index contributed by atoms with van der Waals surface area (Å²) in [5.41, 5.74) is 1.98. The van der Waals surface area contributed by atoms with Crippen molar-refractivity contribution in [1.29, 1.82) is 0 Å². The molecule has 0 unspecified atom stereocenters. The Bertz CT molecular complexity index is 882. The van der Waals surface area contributed by atoms with Crippen LogP contribution >= 0.6 is 11.6 Å². The average Bonchev–Trinajstić information content (AvgIpc) is 3.06. The first-order valence-electron chi connectivity index (χ1n) is 7.07. The van der Waals surface area contributed by atoms with E-state index in [1.54, 1.807) is 24.7 Å². The van der Waals surface area contributed by atoms with Gasteiger partial charge in [-0.25, -0.2) is 19.2 Å². The minimum absolute atomic E-state index is 0.158. The number of carbonyl (C=O) groups is 1. The largest absolute Gasteiger partial charge is 0.464 e. The molecule has 2 heterocycles. The highest BCUT2D eigenvalue weighted by Gasteiger charge is 2.14. The van der Waals surface area contributed by atoms with Gasteiger partial charge in [0.05, 0.1) is 24.2 Å². The second kappa shape index (κ2) is 6.80. The van der Waals surface area contributed by atoms with Crippen LogP contribution in [0.1, 0.15) is 16.1 Å². The molecule has 0 N–H and O–H groups in total. The van der Waals surface area contributed by atoms with Crippen molar-refractivity contribution in [3.63, 3.8) is 0 Å². The lowest BCUT2D eigenvalue weighted by Gasteiger charge is -2.10. The number of esters is 1. The summed E-state index contributed by atoms with van der Waals surface area (Å²) in [5, 5.41) is 0.220. The number of hydrogen-bond donors (Lipinski definition) is 0. The van der Waals surface area contributed by atoms with E-state index in [9.17, 15) is 9.18 Å². The zero-order valence-electron chi connectivity index (χ0n) is 12.7. The SMILES string of the molecule is COC(=O)c1cc(Cn2ccnc2)cc(-c2ccc(F)cc2Cl)n1. The molecule has 0 bridgehead atoms. The fourth-order valence-corrected chi connectivity index (χ4v) is 2.58. The smallest absolute Gasteiger partial charge is 0.356 e. The van der Waals surface area contributed by atoms with Crippen LogP contribution in [0.3, 0.4) is 0 Å². The summed E-state index contributed by atoms with van der Waals surface area (Å²) < 4.78 is 19.9. The maximum Gasteiger partial charge on any atom is 0.356 e. The molecule has 24 heavy (non-hydrogen) atoms. The van der Waals surface area contributed by atoms with Crippen LogP contribution in [0.25, 0.3) is 11.3 Å². The van der Waals surface area contributed by atoms with Gasteiger partial charge in [0.25, 0.3) is 0 Å². The van der Waals surface area contributed by atoms with Crippen LogP contribution in [-0.2, 0) is 11.3 Å². The summed E-state index contributed by atoms with van der Waals surface area (Å²) in [6.07, 6.45) is 5.14. The number of imidazole rings is 1. The van der Waals surface area contributed by atoms with Crippen molar-refractivity contribution < 1.29 is 13.9 Å². The van der Waals surface area contributed by atoms with E-state index in [1.165, 1.54) is 25.3 Å². The number of pyridine rings is 1. The van der Waals surface area contributed by atoms with Gasteiger partial charge in [0, 0.05) is 24.5 Å². The normalized spacial score (nSPS) is 10.6.